The summed E-state index contributed by atoms with van der Waals surface area (Å²) in [5.41, 5.74) is 5.23. The molecule has 4 aromatic carbocycles. The molecule has 2 bridgehead atoms. The van der Waals surface area contributed by atoms with Crippen LogP contribution in [0.15, 0.2) is 90.0 Å². The zero-order chi connectivity index (χ0) is 25.1. The Morgan fingerprint density at radius 1 is 0.784 bits per heavy atom. The van der Waals surface area contributed by atoms with Gasteiger partial charge in [0.25, 0.3) is 11.8 Å². The van der Waals surface area contributed by atoms with Crippen LogP contribution < -0.4 is 4.74 Å². The van der Waals surface area contributed by atoms with Crippen LogP contribution in [0.2, 0.25) is 0 Å². The fourth-order valence-electron chi connectivity index (χ4n) is 6.54. The van der Waals surface area contributed by atoms with Crippen molar-refractivity contribution in [3.05, 3.63) is 113 Å². The minimum atomic E-state index is -0.468. The van der Waals surface area contributed by atoms with Crippen LogP contribution in [0.1, 0.15) is 39.7 Å². The summed E-state index contributed by atoms with van der Waals surface area (Å²) in [4.78, 5) is 27.7. The number of hydrogen-bond donors (Lipinski definition) is 0. The van der Waals surface area contributed by atoms with Crippen molar-refractivity contribution in [3.8, 4) is 18.1 Å². The number of hydrazone groups is 1. The average Bonchev–Trinajstić information content (AvgIpc) is 3.20. The fraction of sp³-hybridized carbons (Fsp3) is 0.156. The number of terminal acetylenes is 1. The van der Waals surface area contributed by atoms with E-state index >= 15 is 0 Å². The van der Waals surface area contributed by atoms with Gasteiger partial charge in [-0.05, 0) is 39.1 Å². The highest BCUT2D eigenvalue weighted by atomic mass is 16.5. The van der Waals surface area contributed by atoms with Gasteiger partial charge in [0.2, 0.25) is 0 Å². The van der Waals surface area contributed by atoms with Crippen molar-refractivity contribution in [2.75, 3.05) is 6.61 Å². The second-order valence-electron chi connectivity index (χ2n) is 9.69. The third-order valence-electron chi connectivity index (χ3n) is 7.97. The standard InChI is InChI=1S/C32H22N2O3/c1-2-17-37-26-16-15-19-9-3-4-10-20(19)25(26)18-33-34-31(35)29-27-21-11-5-6-12-22(21)28(30(29)32(34)36)24-14-8-7-13-23(24)27/h1,3-16,18,27-30H,17H2/b33-18+. The van der Waals surface area contributed by atoms with Crippen LogP contribution in [0, 0.1) is 24.2 Å². The number of hydrogen-bond acceptors (Lipinski definition) is 4. The largest absolute Gasteiger partial charge is 0.480 e. The van der Waals surface area contributed by atoms with Crippen molar-refractivity contribution in [2.45, 2.75) is 11.8 Å². The van der Waals surface area contributed by atoms with Gasteiger partial charge >= 0.3 is 0 Å². The van der Waals surface area contributed by atoms with Crippen LogP contribution in [-0.2, 0) is 9.59 Å². The fourth-order valence-corrected chi connectivity index (χ4v) is 6.54. The van der Waals surface area contributed by atoms with Gasteiger partial charge < -0.3 is 4.74 Å². The van der Waals surface area contributed by atoms with Gasteiger partial charge in [-0.15, -0.1) is 6.42 Å². The van der Waals surface area contributed by atoms with E-state index in [0.29, 0.717) is 11.3 Å². The quantitative estimate of drug-likeness (QED) is 0.232. The van der Waals surface area contributed by atoms with Gasteiger partial charge in [-0.1, -0.05) is 84.8 Å². The number of carbonyl (C=O) groups excluding carboxylic acids is 2. The number of nitrogens with zero attached hydrogens (tertiary/aromatic N) is 2. The van der Waals surface area contributed by atoms with Crippen molar-refractivity contribution >= 4 is 28.8 Å². The molecule has 4 aliphatic rings. The Balaban J connectivity index is 1.32. The molecule has 37 heavy (non-hydrogen) atoms. The summed E-state index contributed by atoms with van der Waals surface area (Å²) in [6.07, 6.45) is 6.97. The van der Waals surface area contributed by atoms with E-state index in [-0.39, 0.29) is 30.3 Å². The highest BCUT2D eigenvalue weighted by Crippen LogP contribution is 2.60. The zero-order valence-corrected chi connectivity index (χ0v) is 19.9. The van der Waals surface area contributed by atoms with E-state index in [1.165, 1.54) is 0 Å². The van der Waals surface area contributed by atoms with E-state index in [4.69, 9.17) is 11.2 Å². The second kappa shape index (κ2) is 8.18. The molecule has 5 nitrogen and oxygen atoms in total. The van der Waals surface area contributed by atoms with Crippen molar-refractivity contribution < 1.29 is 14.3 Å². The van der Waals surface area contributed by atoms with Gasteiger partial charge in [0, 0.05) is 17.4 Å². The Morgan fingerprint density at radius 3 is 1.89 bits per heavy atom. The molecule has 178 valence electrons. The van der Waals surface area contributed by atoms with Gasteiger partial charge in [-0.25, -0.2) is 0 Å². The number of amides is 2. The molecule has 1 fully saturated rings. The third kappa shape index (κ3) is 3.02. The lowest BCUT2D eigenvalue weighted by Gasteiger charge is -2.45. The van der Waals surface area contributed by atoms with E-state index < -0.39 is 11.8 Å². The van der Waals surface area contributed by atoms with Crippen molar-refractivity contribution in [2.24, 2.45) is 16.9 Å². The van der Waals surface area contributed by atoms with E-state index in [9.17, 15) is 9.59 Å². The highest BCUT2D eigenvalue weighted by Gasteiger charge is 2.61. The predicted molar refractivity (Wildman–Crippen MR) is 141 cm³/mol. The Bertz CT molecular complexity index is 1570. The maximum Gasteiger partial charge on any atom is 0.254 e. The smallest absolute Gasteiger partial charge is 0.254 e. The molecule has 0 aromatic heterocycles. The molecule has 5 heteroatoms. The third-order valence-corrected chi connectivity index (χ3v) is 7.97. The molecule has 1 heterocycles. The number of ether oxygens (including phenoxy) is 1. The maximum absolute atomic E-state index is 13.8. The summed E-state index contributed by atoms with van der Waals surface area (Å²) >= 11 is 0. The van der Waals surface area contributed by atoms with Crippen LogP contribution >= 0.6 is 0 Å². The zero-order valence-electron chi connectivity index (χ0n) is 19.9. The lowest BCUT2D eigenvalue weighted by atomic mass is 9.55. The number of imide groups is 1. The monoisotopic (exact) mass is 482 g/mol. The van der Waals surface area contributed by atoms with E-state index in [2.05, 4.69) is 35.3 Å². The van der Waals surface area contributed by atoms with Gasteiger partial charge in [0.05, 0.1) is 18.1 Å². The average molecular weight is 483 g/mol. The van der Waals surface area contributed by atoms with Crippen LogP contribution in [0.5, 0.6) is 5.75 Å². The molecular weight excluding hydrogens is 460 g/mol. The number of rotatable bonds is 4. The molecule has 0 saturated carbocycles. The first kappa shape index (κ1) is 21.6. The van der Waals surface area contributed by atoms with Crippen LogP contribution in [0.25, 0.3) is 10.8 Å². The van der Waals surface area contributed by atoms with E-state index in [1.54, 1.807) is 6.21 Å². The van der Waals surface area contributed by atoms with Gasteiger partial charge in [0.15, 0.2) is 0 Å². The number of carbonyl (C=O) groups is 2. The summed E-state index contributed by atoms with van der Waals surface area (Å²) in [6.45, 7) is 0.102. The molecule has 3 aliphatic carbocycles. The SMILES string of the molecule is C#CCOc1ccc2ccccc2c1/C=N/N1C(=O)C2C3c4ccccc4C(c4ccccc43)C2C1=O. The topological polar surface area (TPSA) is 59.0 Å². The van der Waals surface area contributed by atoms with Crippen molar-refractivity contribution in [1.82, 2.24) is 5.01 Å². The Hall–Kier alpha value is -4.69. The summed E-state index contributed by atoms with van der Waals surface area (Å²) in [5, 5.41) is 7.48. The second-order valence-corrected chi connectivity index (χ2v) is 9.69. The molecule has 2 amide bonds. The molecule has 0 N–H and O–H groups in total. The van der Waals surface area contributed by atoms with Crippen LogP contribution in [-0.4, -0.2) is 29.6 Å². The predicted octanol–water partition coefficient (Wildman–Crippen LogP) is 5.08. The summed E-state index contributed by atoms with van der Waals surface area (Å²) in [5.74, 6) is 1.27. The molecule has 2 unspecified atom stereocenters. The number of fused-ring (bicyclic) bond motifs is 1. The molecule has 1 saturated heterocycles. The molecule has 1 aliphatic heterocycles. The Labute approximate surface area is 214 Å². The highest BCUT2D eigenvalue weighted by molar-refractivity contribution is 6.09. The van der Waals surface area contributed by atoms with Crippen LogP contribution in [0.4, 0.5) is 0 Å². The maximum atomic E-state index is 13.8. The van der Waals surface area contributed by atoms with E-state index in [0.717, 1.165) is 38.0 Å². The first-order chi connectivity index (χ1) is 18.2. The lowest BCUT2D eigenvalue weighted by Crippen LogP contribution is -2.41. The normalized spacial score (nSPS) is 23.2. The minimum Gasteiger partial charge on any atom is -0.480 e. The summed E-state index contributed by atoms with van der Waals surface area (Å²) in [6, 6.07) is 28.0. The first-order valence-corrected chi connectivity index (χ1v) is 12.4. The van der Waals surface area contributed by atoms with Crippen molar-refractivity contribution in [1.29, 1.82) is 0 Å². The van der Waals surface area contributed by atoms with Crippen LogP contribution in [0.3, 0.4) is 0 Å². The molecule has 8 rings (SSSR count). The van der Waals surface area contributed by atoms with Gasteiger partial charge in [-0.2, -0.15) is 10.1 Å². The molecule has 0 radical (unpaired) electrons. The van der Waals surface area contributed by atoms with Gasteiger partial charge in [-0.3, -0.25) is 9.59 Å². The van der Waals surface area contributed by atoms with Gasteiger partial charge in [0.1, 0.15) is 12.4 Å². The summed E-state index contributed by atoms with van der Waals surface area (Å²) in [7, 11) is 0. The molecule has 2 atom stereocenters. The first-order valence-electron chi connectivity index (χ1n) is 12.4. The Kier molecular flexibility index (Phi) is 4.77. The van der Waals surface area contributed by atoms with Crippen molar-refractivity contribution in [3.63, 3.8) is 0 Å². The minimum absolute atomic E-state index is 0.102. The molecule has 0 spiro atoms. The summed E-state index contributed by atoms with van der Waals surface area (Å²) < 4.78 is 5.77. The molecular formula is C32H22N2O3. The molecule has 4 aromatic rings. The van der Waals surface area contributed by atoms with E-state index in [1.807, 2.05) is 60.7 Å². The Morgan fingerprint density at radius 2 is 1.32 bits per heavy atom. The lowest BCUT2D eigenvalue weighted by molar-refractivity contribution is -0.139. The number of benzene rings is 4.